The largest absolute Gasteiger partial charge is 0.291 e. The molecule has 0 aliphatic carbocycles. The Morgan fingerprint density at radius 3 is 2.46 bits per heavy atom. The van der Waals surface area contributed by atoms with E-state index >= 15 is 0 Å². The standard InChI is InChI=1S/C10H18N2O/c1-6-7-8-12(4,5)11-10(13)9(2)3/h7-8H,2,6H2,1,3-5H3/p+1. The minimum atomic E-state index is -0.120. The van der Waals surface area contributed by atoms with Gasteiger partial charge in [-0.1, -0.05) is 13.5 Å². The van der Waals surface area contributed by atoms with Crippen molar-refractivity contribution < 1.29 is 9.39 Å². The molecule has 0 aromatic heterocycles. The molecule has 74 valence electrons. The maximum absolute atomic E-state index is 11.3. The molecule has 3 nitrogen and oxygen atoms in total. The molecule has 0 atom stereocenters. The van der Waals surface area contributed by atoms with E-state index in [1.807, 2.05) is 26.4 Å². The predicted octanol–water partition coefficient (Wildman–Crippen LogP) is 1.59. The van der Waals surface area contributed by atoms with Gasteiger partial charge in [0.15, 0.2) is 0 Å². The predicted molar refractivity (Wildman–Crippen MR) is 54.5 cm³/mol. The molecule has 0 saturated carbocycles. The average Bonchev–Trinajstić information content (AvgIpc) is 2.00. The van der Waals surface area contributed by atoms with Crippen LogP contribution in [0.3, 0.4) is 0 Å². The van der Waals surface area contributed by atoms with Gasteiger partial charge < -0.3 is 0 Å². The lowest BCUT2D eigenvalue weighted by molar-refractivity contribution is -0.875. The molecule has 0 saturated heterocycles. The minimum Gasteiger partial charge on any atom is -0.265 e. The van der Waals surface area contributed by atoms with Crippen molar-refractivity contribution in [1.29, 1.82) is 0 Å². The molecule has 0 heterocycles. The van der Waals surface area contributed by atoms with Crippen LogP contribution in [0.4, 0.5) is 0 Å². The van der Waals surface area contributed by atoms with Crippen LogP contribution in [-0.4, -0.2) is 24.6 Å². The first kappa shape index (κ1) is 11.9. The Labute approximate surface area is 80.3 Å². The summed E-state index contributed by atoms with van der Waals surface area (Å²) in [5.41, 5.74) is 3.33. The summed E-state index contributed by atoms with van der Waals surface area (Å²) in [6, 6.07) is 0. The van der Waals surface area contributed by atoms with E-state index in [1.54, 1.807) is 6.92 Å². The van der Waals surface area contributed by atoms with Crippen molar-refractivity contribution in [3.63, 3.8) is 0 Å². The van der Waals surface area contributed by atoms with Crippen LogP contribution in [0.5, 0.6) is 0 Å². The third-order valence-electron chi connectivity index (χ3n) is 1.49. The summed E-state index contributed by atoms with van der Waals surface area (Å²) >= 11 is 0. The quantitative estimate of drug-likeness (QED) is 0.400. The van der Waals surface area contributed by atoms with Gasteiger partial charge >= 0.3 is 0 Å². The van der Waals surface area contributed by atoms with E-state index in [4.69, 9.17) is 0 Å². The van der Waals surface area contributed by atoms with Crippen LogP contribution in [0.15, 0.2) is 24.4 Å². The van der Waals surface area contributed by atoms with Gasteiger partial charge in [0.1, 0.15) is 6.20 Å². The highest BCUT2D eigenvalue weighted by molar-refractivity contribution is 5.91. The number of nitrogens with one attached hydrogen (secondary N) is 1. The Morgan fingerprint density at radius 1 is 1.54 bits per heavy atom. The highest BCUT2D eigenvalue weighted by Crippen LogP contribution is 1.97. The molecule has 0 bridgehead atoms. The Kier molecular flexibility index (Phi) is 4.42. The fraction of sp³-hybridized carbons (Fsp3) is 0.500. The molecule has 0 aliphatic rings. The SMILES string of the molecule is C=C(C)C(=O)N[N+](C)(C)C=CCC. The summed E-state index contributed by atoms with van der Waals surface area (Å²) in [5.74, 6) is -0.120. The van der Waals surface area contributed by atoms with Crippen molar-refractivity contribution in [3.8, 4) is 0 Å². The van der Waals surface area contributed by atoms with Crippen LogP contribution < -0.4 is 5.43 Å². The van der Waals surface area contributed by atoms with Crippen molar-refractivity contribution in [2.75, 3.05) is 14.1 Å². The highest BCUT2D eigenvalue weighted by Gasteiger charge is 2.15. The Bertz CT molecular complexity index is 229. The molecular weight excluding hydrogens is 164 g/mol. The molecule has 0 spiro atoms. The maximum atomic E-state index is 11.3. The van der Waals surface area contributed by atoms with Gasteiger partial charge in [-0.15, -0.1) is 0 Å². The second kappa shape index (κ2) is 4.82. The van der Waals surface area contributed by atoms with Crippen molar-refractivity contribution in [2.24, 2.45) is 0 Å². The Morgan fingerprint density at radius 2 is 2.08 bits per heavy atom. The van der Waals surface area contributed by atoms with Gasteiger partial charge in [-0.25, -0.2) is 0 Å². The topological polar surface area (TPSA) is 29.1 Å². The molecule has 0 aromatic rings. The van der Waals surface area contributed by atoms with Gasteiger partial charge in [0.05, 0.1) is 14.1 Å². The molecule has 0 aliphatic heterocycles. The van der Waals surface area contributed by atoms with Gasteiger partial charge in [-0.2, -0.15) is 10.0 Å². The summed E-state index contributed by atoms with van der Waals surface area (Å²) in [6.07, 6.45) is 4.91. The summed E-state index contributed by atoms with van der Waals surface area (Å²) < 4.78 is 0.347. The van der Waals surface area contributed by atoms with Gasteiger partial charge in [0.2, 0.25) is 0 Å². The number of rotatable bonds is 4. The molecule has 0 radical (unpaired) electrons. The number of hydrogen-bond acceptors (Lipinski definition) is 1. The fourth-order valence-corrected chi connectivity index (χ4v) is 0.763. The van der Waals surface area contributed by atoms with E-state index in [9.17, 15) is 4.79 Å². The normalized spacial score (nSPS) is 11.7. The monoisotopic (exact) mass is 183 g/mol. The van der Waals surface area contributed by atoms with Crippen LogP contribution in [0.25, 0.3) is 0 Å². The maximum Gasteiger partial charge on any atom is 0.291 e. The molecule has 0 aromatic carbocycles. The lowest BCUT2D eigenvalue weighted by atomic mass is 10.3. The van der Waals surface area contributed by atoms with Crippen molar-refractivity contribution in [2.45, 2.75) is 20.3 Å². The Balaban J connectivity index is 4.24. The molecule has 0 unspecified atom stereocenters. The summed E-state index contributed by atoms with van der Waals surface area (Å²) in [5, 5.41) is 0. The number of nitrogens with zero attached hydrogens (tertiary/aromatic N) is 1. The van der Waals surface area contributed by atoms with E-state index in [0.29, 0.717) is 10.2 Å². The van der Waals surface area contributed by atoms with Crippen LogP contribution in [0.2, 0.25) is 0 Å². The summed E-state index contributed by atoms with van der Waals surface area (Å²) in [4.78, 5) is 11.3. The molecule has 1 amide bonds. The molecule has 13 heavy (non-hydrogen) atoms. The smallest absolute Gasteiger partial charge is 0.265 e. The van der Waals surface area contributed by atoms with Gasteiger partial charge in [-0.3, -0.25) is 4.79 Å². The van der Waals surface area contributed by atoms with Gasteiger partial charge in [0.25, 0.3) is 5.91 Å². The number of allylic oxidation sites excluding steroid dienone is 1. The van der Waals surface area contributed by atoms with Crippen LogP contribution in [-0.2, 0) is 4.79 Å². The number of amides is 1. The summed E-state index contributed by atoms with van der Waals surface area (Å²) in [7, 11) is 3.79. The van der Waals surface area contributed by atoms with Gasteiger partial charge in [0, 0.05) is 5.57 Å². The lowest BCUT2D eigenvalue weighted by Gasteiger charge is -2.24. The third-order valence-corrected chi connectivity index (χ3v) is 1.49. The van der Waals surface area contributed by atoms with Gasteiger partial charge in [-0.05, 0) is 19.4 Å². The lowest BCUT2D eigenvalue weighted by Crippen LogP contribution is -2.50. The second-order valence-corrected chi connectivity index (χ2v) is 3.55. The molecule has 0 rings (SSSR count). The van der Waals surface area contributed by atoms with E-state index in [1.165, 1.54) is 0 Å². The molecule has 3 heteroatoms. The zero-order valence-electron chi connectivity index (χ0n) is 8.92. The van der Waals surface area contributed by atoms with Crippen LogP contribution in [0.1, 0.15) is 20.3 Å². The third kappa shape index (κ3) is 5.20. The number of quaternary nitrogens is 1. The first-order valence-corrected chi connectivity index (χ1v) is 4.38. The zero-order valence-corrected chi connectivity index (χ0v) is 8.92. The first-order chi connectivity index (χ1) is 5.89. The first-order valence-electron chi connectivity index (χ1n) is 4.38. The summed E-state index contributed by atoms with van der Waals surface area (Å²) in [6.45, 7) is 7.32. The van der Waals surface area contributed by atoms with Crippen molar-refractivity contribution in [1.82, 2.24) is 5.43 Å². The van der Waals surface area contributed by atoms with Crippen molar-refractivity contribution in [3.05, 3.63) is 24.4 Å². The van der Waals surface area contributed by atoms with Crippen LogP contribution in [0, 0.1) is 0 Å². The Hall–Kier alpha value is -1.09. The van der Waals surface area contributed by atoms with E-state index in [0.717, 1.165) is 6.42 Å². The van der Waals surface area contributed by atoms with E-state index < -0.39 is 0 Å². The molecular formula is C10H19N2O+. The minimum absolute atomic E-state index is 0.120. The highest BCUT2D eigenvalue weighted by atomic mass is 16.2. The number of carbonyl (C=O) groups excluding carboxylic acids is 1. The van der Waals surface area contributed by atoms with E-state index in [2.05, 4.69) is 18.9 Å². The number of carbonyl (C=O) groups is 1. The zero-order chi connectivity index (χ0) is 10.5. The molecule has 0 fully saturated rings. The van der Waals surface area contributed by atoms with Crippen molar-refractivity contribution >= 4 is 5.91 Å². The van der Waals surface area contributed by atoms with E-state index in [-0.39, 0.29) is 5.91 Å². The average molecular weight is 183 g/mol. The fourth-order valence-electron chi connectivity index (χ4n) is 0.763. The molecule has 1 N–H and O–H groups in total. The van der Waals surface area contributed by atoms with Crippen LogP contribution >= 0.6 is 0 Å². The second-order valence-electron chi connectivity index (χ2n) is 3.55. The number of hydrogen-bond donors (Lipinski definition) is 1.